The van der Waals surface area contributed by atoms with Crippen molar-refractivity contribution in [2.24, 2.45) is 0 Å². The van der Waals surface area contributed by atoms with Crippen LogP contribution in [0.4, 0.5) is 0 Å². The molecule has 2 heterocycles. The number of furan rings is 1. The maximum Gasteiger partial charge on any atom is 0.287 e. The van der Waals surface area contributed by atoms with Crippen molar-refractivity contribution in [2.45, 2.75) is 33.9 Å². The number of carbonyl (C=O) groups is 1. The lowest BCUT2D eigenvalue weighted by Crippen LogP contribution is -2.76. The van der Waals surface area contributed by atoms with Crippen molar-refractivity contribution in [3.8, 4) is 0 Å². The topological polar surface area (TPSA) is 89.3 Å². The summed E-state index contributed by atoms with van der Waals surface area (Å²) in [6.45, 7) is 0. The molecule has 0 aliphatic heterocycles. The molecule has 0 radical (unpaired) electrons. The number of carbonyl (C=O) groups excluding carboxylic acids is 1. The Kier molecular flexibility index (Phi) is 4.36. The van der Waals surface area contributed by atoms with Gasteiger partial charge in [-0.2, -0.15) is 0 Å². The molecule has 0 atom stereocenters. The molecule has 3 fully saturated rings. The Morgan fingerprint density at radius 2 is 1.93 bits per heavy atom. The first-order valence-electron chi connectivity index (χ1n) is 9.00. The zero-order chi connectivity index (χ0) is 21.5. The minimum Gasteiger partial charge on any atom is -0.452 e. The Labute approximate surface area is 191 Å². The zero-order valence-corrected chi connectivity index (χ0v) is 19.4. The van der Waals surface area contributed by atoms with Gasteiger partial charge in [-0.1, -0.05) is 34.8 Å². The van der Waals surface area contributed by atoms with E-state index in [-0.39, 0.29) is 22.5 Å². The predicted octanol–water partition coefficient (Wildman–Crippen LogP) is 4.78. The number of sulfone groups is 1. The van der Waals surface area contributed by atoms with Crippen LogP contribution in [0.5, 0.6) is 0 Å². The van der Waals surface area contributed by atoms with Gasteiger partial charge < -0.3 is 9.73 Å². The van der Waals surface area contributed by atoms with Crippen molar-refractivity contribution in [1.82, 2.24) is 10.3 Å². The van der Waals surface area contributed by atoms with Crippen LogP contribution in [-0.4, -0.2) is 31.1 Å². The van der Waals surface area contributed by atoms with Crippen molar-refractivity contribution in [1.29, 1.82) is 0 Å². The molecule has 11 heteroatoms. The van der Waals surface area contributed by atoms with Gasteiger partial charge in [0, 0.05) is 22.2 Å². The standard InChI is InChI=1S/C19H15Cl3N2O4S2/c1-30(26,27)19(21,22)14-5-3-12(28-14)15(25)24-18-7-17(8-18,9-18)16-23-11-6-10(20)2-4-13(11)29-16/h2-6H,7-9H2,1H3,(H,24,25). The lowest BCUT2D eigenvalue weighted by Gasteiger charge is -2.69. The molecule has 3 saturated carbocycles. The molecule has 1 amide bonds. The van der Waals surface area contributed by atoms with E-state index < -0.39 is 19.4 Å². The molecule has 0 unspecified atom stereocenters. The molecule has 3 aromatic rings. The van der Waals surface area contributed by atoms with Gasteiger partial charge in [-0.3, -0.25) is 4.79 Å². The first-order valence-corrected chi connectivity index (χ1v) is 12.8. The van der Waals surface area contributed by atoms with E-state index in [0.717, 1.165) is 40.7 Å². The van der Waals surface area contributed by atoms with Crippen LogP contribution in [0.1, 0.15) is 40.6 Å². The Bertz CT molecular complexity index is 1290. The zero-order valence-electron chi connectivity index (χ0n) is 15.5. The maximum absolute atomic E-state index is 12.6. The summed E-state index contributed by atoms with van der Waals surface area (Å²) in [6, 6.07) is 8.35. The lowest BCUT2D eigenvalue weighted by atomic mass is 9.39. The van der Waals surface area contributed by atoms with Gasteiger partial charge in [0.15, 0.2) is 21.4 Å². The van der Waals surface area contributed by atoms with Crippen molar-refractivity contribution < 1.29 is 17.6 Å². The number of nitrogens with zero attached hydrogens (tertiary/aromatic N) is 1. The van der Waals surface area contributed by atoms with E-state index in [9.17, 15) is 13.2 Å². The fourth-order valence-corrected chi connectivity index (χ4v) is 6.35. The number of benzene rings is 1. The number of thiazole rings is 1. The monoisotopic (exact) mass is 504 g/mol. The fraction of sp³-hybridized carbons (Fsp3) is 0.368. The molecule has 3 aliphatic rings. The van der Waals surface area contributed by atoms with Crippen LogP contribution in [-0.2, 0) is 18.9 Å². The number of hydrogen-bond acceptors (Lipinski definition) is 6. The summed E-state index contributed by atoms with van der Waals surface area (Å²) in [4.78, 5) is 17.4. The second kappa shape index (κ2) is 6.36. The van der Waals surface area contributed by atoms with Crippen LogP contribution in [0.3, 0.4) is 0 Å². The summed E-state index contributed by atoms with van der Waals surface area (Å²) >= 11 is 19.5. The van der Waals surface area contributed by atoms with Gasteiger partial charge in [-0.15, -0.1) is 11.3 Å². The molecule has 0 spiro atoms. The van der Waals surface area contributed by atoms with Gasteiger partial charge in [-0.25, -0.2) is 13.4 Å². The number of amides is 1. The largest absolute Gasteiger partial charge is 0.452 e. The van der Waals surface area contributed by atoms with Crippen LogP contribution >= 0.6 is 46.1 Å². The van der Waals surface area contributed by atoms with E-state index in [1.165, 1.54) is 12.1 Å². The van der Waals surface area contributed by atoms with E-state index >= 15 is 0 Å². The second-order valence-electron chi connectivity index (χ2n) is 8.13. The average Bonchev–Trinajstić information content (AvgIpc) is 3.22. The first-order chi connectivity index (χ1) is 13.9. The summed E-state index contributed by atoms with van der Waals surface area (Å²) in [5.41, 5.74) is 0.593. The average molecular weight is 506 g/mol. The van der Waals surface area contributed by atoms with E-state index in [1.54, 1.807) is 11.3 Å². The molecule has 2 bridgehead atoms. The van der Waals surface area contributed by atoms with E-state index in [0.29, 0.717) is 5.02 Å². The normalized spacial score (nSPS) is 25.6. The smallest absolute Gasteiger partial charge is 0.287 e. The molecular weight excluding hydrogens is 491 g/mol. The minimum atomic E-state index is -3.85. The van der Waals surface area contributed by atoms with Gasteiger partial charge in [0.25, 0.3) is 9.57 Å². The number of nitrogens with one attached hydrogen (secondary N) is 1. The molecule has 6 nitrogen and oxygen atoms in total. The first kappa shape index (κ1) is 20.6. The summed E-state index contributed by atoms with van der Waals surface area (Å²) in [5, 5.41) is 4.73. The summed E-state index contributed by atoms with van der Waals surface area (Å²) in [7, 11) is -3.85. The third-order valence-corrected chi connectivity index (χ3v) is 10.5. The molecule has 3 aliphatic carbocycles. The Hall–Kier alpha value is -1.32. The van der Waals surface area contributed by atoms with Crippen molar-refractivity contribution in [3.63, 3.8) is 0 Å². The van der Waals surface area contributed by atoms with Crippen LogP contribution < -0.4 is 5.32 Å². The summed E-state index contributed by atoms with van der Waals surface area (Å²) in [6.07, 6.45) is 3.29. The van der Waals surface area contributed by atoms with Gasteiger partial charge in [0.05, 0.1) is 10.2 Å². The number of alkyl halides is 2. The highest BCUT2D eigenvalue weighted by Crippen LogP contribution is 2.68. The number of rotatable bonds is 5. The minimum absolute atomic E-state index is 0.00448. The highest BCUT2D eigenvalue weighted by atomic mass is 35.5. The quantitative estimate of drug-likeness (QED) is 0.504. The van der Waals surface area contributed by atoms with Gasteiger partial charge >= 0.3 is 0 Å². The number of fused-ring (bicyclic) bond motifs is 1. The third kappa shape index (κ3) is 2.99. The molecular formula is C19H15Cl3N2O4S2. The van der Waals surface area contributed by atoms with Crippen molar-refractivity contribution in [2.75, 3.05) is 6.26 Å². The molecule has 158 valence electrons. The number of aromatic nitrogens is 1. The Balaban J connectivity index is 1.28. The lowest BCUT2D eigenvalue weighted by molar-refractivity contribution is -0.0811. The summed E-state index contributed by atoms with van der Waals surface area (Å²) < 4.78 is 27.7. The second-order valence-corrected chi connectivity index (χ2v) is 13.5. The molecule has 1 N–H and O–H groups in total. The van der Waals surface area contributed by atoms with Crippen LogP contribution in [0, 0.1) is 0 Å². The van der Waals surface area contributed by atoms with Crippen LogP contribution in [0.25, 0.3) is 10.2 Å². The van der Waals surface area contributed by atoms with Gasteiger partial charge in [0.2, 0.25) is 0 Å². The molecule has 6 rings (SSSR count). The van der Waals surface area contributed by atoms with E-state index in [4.69, 9.17) is 44.2 Å². The van der Waals surface area contributed by atoms with Gasteiger partial charge in [0.1, 0.15) is 5.01 Å². The van der Waals surface area contributed by atoms with Crippen molar-refractivity contribution >= 4 is 72.1 Å². The molecule has 30 heavy (non-hydrogen) atoms. The Morgan fingerprint density at radius 3 is 2.60 bits per heavy atom. The predicted molar refractivity (Wildman–Crippen MR) is 117 cm³/mol. The van der Waals surface area contributed by atoms with Crippen molar-refractivity contribution in [3.05, 3.63) is 51.9 Å². The maximum atomic E-state index is 12.6. The van der Waals surface area contributed by atoms with E-state index in [1.807, 2.05) is 18.2 Å². The molecule has 2 aromatic heterocycles. The molecule has 1 aromatic carbocycles. The summed E-state index contributed by atoms with van der Waals surface area (Å²) in [5.74, 6) is -0.670. The third-order valence-electron chi connectivity index (χ3n) is 5.79. The number of hydrogen-bond donors (Lipinski definition) is 1. The van der Waals surface area contributed by atoms with Gasteiger partial charge in [-0.05, 0) is 49.6 Å². The fourth-order valence-electron chi connectivity index (χ4n) is 4.38. The number of halogens is 3. The van der Waals surface area contributed by atoms with E-state index in [2.05, 4.69) is 5.32 Å². The molecule has 0 saturated heterocycles. The van der Waals surface area contributed by atoms with Crippen LogP contribution in [0.15, 0.2) is 34.7 Å². The highest BCUT2D eigenvalue weighted by molar-refractivity contribution is 7.94. The highest BCUT2D eigenvalue weighted by Gasteiger charge is 2.70. The van der Waals surface area contributed by atoms with Crippen LogP contribution in [0.2, 0.25) is 5.02 Å². The Morgan fingerprint density at radius 1 is 1.23 bits per heavy atom. The SMILES string of the molecule is CS(=O)(=O)C(Cl)(Cl)c1ccc(C(=O)NC23CC(c4nc5cc(Cl)ccc5s4)(C2)C3)o1.